The van der Waals surface area contributed by atoms with Crippen LogP contribution in [-0.4, -0.2) is 44.8 Å². The summed E-state index contributed by atoms with van der Waals surface area (Å²) in [5, 5.41) is 0.109. The first-order valence-corrected chi connectivity index (χ1v) is 5.12. The van der Waals surface area contributed by atoms with Crippen LogP contribution in [0.3, 0.4) is 0 Å². The summed E-state index contributed by atoms with van der Waals surface area (Å²) in [6.45, 7) is 3.20. The van der Waals surface area contributed by atoms with Gasteiger partial charge in [-0.2, -0.15) is 12.6 Å². The van der Waals surface area contributed by atoms with E-state index in [4.69, 9.17) is 14.2 Å². The molecule has 1 atom stereocenters. The predicted molar refractivity (Wildman–Crippen MR) is 56.7 cm³/mol. The molecule has 0 aliphatic carbocycles. The highest BCUT2D eigenvalue weighted by molar-refractivity contribution is 7.81. The van der Waals surface area contributed by atoms with Gasteiger partial charge in [0, 0.05) is 12.4 Å². The Labute approximate surface area is 90.3 Å². The number of methoxy groups -OCH3 is 1. The average Bonchev–Trinajstić information content (AvgIpc) is 2.21. The molecule has 0 aromatic carbocycles. The fraction of sp³-hybridized carbons (Fsp3) is 0.889. The van der Waals surface area contributed by atoms with Gasteiger partial charge in [-0.25, -0.2) is 4.79 Å². The number of rotatable bonds is 8. The Morgan fingerprint density at radius 1 is 1.43 bits per heavy atom. The van der Waals surface area contributed by atoms with Gasteiger partial charge in [0.15, 0.2) is 0 Å². The molecule has 0 rings (SSSR count). The second-order valence-corrected chi connectivity index (χ2v) is 3.52. The minimum Gasteiger partial charge on any atom is -0.463 e. The zero-order valence-corrected chi connectivity index (χ0v) is 9.59. The minimum atomic E-state index is -0.353. The summed E-state index contributed by atoms with van der Waals surface area (Å²) in [5.74, 6) is -0.353. The SMILES string of the molecule is CCC(S)COC(=O)COCCOC. The second-order valence-electron chi connectivity index (χ2n) is 2.79. The number of carbonyl (C=O) groups excluding carboxylic acids is 1. The second kappa shape index (κ2) is 9.30. The van der Waals surface area contributed by atoms with Crippen molar-refractivity contribution in [1.29, 1.82) is 0 Å². The van der Waals surface area contributed by atoms with Crippen LogP contribution in [0.4, 0.5) is 0 Å². The third kappa shape index (κ3) is 8.34. The molecule has 0 spiro atoms. The summed E-state index contributed by atoms with van der Waals surface area (Å²) in [5.41, 5.74) is 0. The van der Waals surface area contributed by atoms with Crippen LogP contribution in [0.15, 0.2) is 0 Å². The number of thiol groups is 1. The first kappa shape index (κ1) is 13.7. The zero-order valence-electron chi connectivity index (χ0n) is 8.69. The van der Waals surface area contributed by atoms with E-state index in [9.17, 15) is 4.79 Å². The maximum atomic E-state index is 11.0. The molecule has 1 unspecified atom stereocenters. The molecule has 0 saturated heterocycles. The maximum Gasteiger partial charge on any atom is 0.332 e. The van der Waals surface area contributed by atoms with Gasteiger partial charge in [-0.05, 0) is 6.42 Å². The van der Waals surface area contributed by atoms with E-state index >= 15 is 0 Å². The normalized spacial score (nSPS) is 12.5. The van der Waals surface area contributed by atoms with Crippen molar-refractivity contribution in [3.05, 3.63) is 0 Å². The highest BCUT2D eigenvalue weighted by atomic mass is 32.1. The summed E-state index contributed by atoms with van der Waals surface area (Å²) >= 11 is 4.19. The van der Waals surface area contributed by atoms with Crippen LogP contribution in [0.25, 0.3) is 0 Å². The molecule has 84 valence electrons. The number of hydrogen-bond donors (Lipinski definition) is 1. The summed E-state index contributed by atoms with van der Waals surface area (Å²) in [6.07, 6.45) is 0.876. The van der Waals surface area contributed by atoms with E-state index < -0.39 is 0 Å². The first-order chi connectivity index (χ1) is 6.70. The number of carbonyl (C=O) groups is 1. The van der Waals surface area contributed by atoms with Crippen molar-refractivity contribution in [2.24, 2.45) is 0 Å². The van der Waals surface area contributed by atoms with Crippen molar-refractivity contribution in [3.8, 4) is 0 Å². The average molecular weight is 222 g/mol. The van der Waals surface area contributed by atoms with Gasteiger partial charge in [-0.3, -0.25) is 0 Å². The predicted octanol–water partition coefficient (Wildman–Crippen LogP) is 0.901. The molecule has 0 radical (unpaired) electrons. The lowest BCUT2D eigenvalue weighted by atomic mass is 10.3. The summed E-state index contributed by atoms with van der Waals surface area (Å²) < 4.78 is 14.6. The standard InChI is InChI=1S/C9H18O4S/c1-3-8(14)6-13-9(10)7-12-5-4-11-2/h8,14H,3-7H2,1-2H3. The fourth-order valence-electron chi connectivity index (χ4n) is 0.646. The Morgan fingerprint density at radius 3 is 2.71 bits per heavy atom. The van der Waals surface area contributed by atoms with E-state index in [1.807, 2.05) is 6.92 Å². The van der Waals surface area contributed by atoms with Crippen molar-refractivity contribution >= 4 is 18.6 Å². The third-order valence-electron chi connectivity index (χ3n) is 1.56. The molecular weight excluding hydrogens is 204 g/mol. The summed E-state index contributed by atoms with van der Waals surface area (Å²) in [7, 11) is 1.58. The van der Waals surface area contributed by atoms with E-state index in [0.717, 1.165) is 6.42 Å². The van der Waals surface area contributed by atoms with Crippen LogP contribution in [0, 0.1) is 0 Å². The molecule has 0 aliphatic rings. The zero-order chi connectivity index (χ0) is 10.8. The van der Waals surface area contributed by atoms with Crippen LogP contribution in [0.2, 0.25) is 0 Å². The van der Waals surface area contributed by atoms with Crippen molar-refractivity contribution in [2.75, 3.05) is 33.5 Å². The Hall–Kier alpha value is -0.260. The molecule has 0 aromatic rings. The maximum absolute atomic E-state index is 11.0. The van der Waals surface area contributed by atoms with Crippen LogP contribution < -0.4 is 0 Å². The summed E-state index contributed by atoms with van der Waals surface area (Å²) in [4.78, 5) is 11.0. The van der Waals surface area contributed by atoms with Crippen LogP contribution in [0.1, 0.15) is 13.3 Å². The lowest BCUT2D eigenvalue weighted by Gasteiger charge is -2.08. The van der Waals surface area contributed by atoms with E-state index in [2.05, 4.69) is 12.6 Å². The van der Waals surface area contributed by atoms with Gasteiger partial charge >= 0.3 is 5.97 Å². The number of hydrogen-bond acceptors (Lipinski definition) is 5. The van der Waals surface area contributed by atoms with Gasteiger partial charge in [-0.1, -0.05) is 6.92 Å². The van der Waals surface area contributed by atoms with Crippen molar-refractivity contribution in [2.45, 2.75) is 18.6 Å². The third-order valence-corrected chi connectivity index (χ3v) is 2.07. The Kier molecular flexibility index (Phi) is 9.13. The molecule has 0 aromatic heterocycles. The van der Waals surface area contributed by atoms with Crippen molar-refractivity contribution in [3.63, 3.8) is 0 Å². The molecule has 0 amide bonds. The van der Waals surface area contributed by atoms with Gasteiger partial charge < -0.3 is 14.2 Å². The molecule has 0 N–H and O–H groups in total. The van der Waals surface area contributed by atoms with Gasteiger partial charge in [0.1, 0.15) is 13.2 Å². The molecule has 4 nitrogen and oxygen atoms in total. The van der Waals surface area contributed by atoms with E-state index in [-0.39, 0.29) is 17.8 Å². The van der Waals surface area contributed by atoms with Gasteiger partial charge in [0.25, 0.3) is 0 Å². The molecule has 0 bridgehead atoms. The monoisotopic (exact) mass is 222 g/mol. The Morgan fingerprint density at radius 2 is 2.14 bits per heavy atom. The van der Waals surface area contributed by atoms with Gasteiger partial charge in [0.05, 0.1) is 13.2 Å². The van der Waals surface area contributed by atoms with Crippen LogP contribution in [-0.2, 0) is 19.0 Å². The molecule has 0 aliphatic heterocycles. The Bertz CT molecular complexity index is 152. The molecule has 0 saturated carbocycles. The molecule has 14 heavy (non-hydrogen) atoms. The topological polar surface area (TPSA) is 44.8 Å². The lowest BCUT2D eigenvalue weighted by Crippen LogP contribution is -2.18. The van der Waals surface area contributed by atoms with E-state index in [0.29, 0.717) is 19.8 Å². The molecule has 0 fully saturated rings. The number of esters is 1. The highest BCUT2D eigenvalue weighted by Crippen LogP contribution is 2.00. The van der Waals surface area contributed by atoms with Crippen LogP contribution in [0.5, 0.6) is 0 Å². The fourth-order valence-corrected chi connectivity index (χ4v) is 0.721. The largest absolute Gasteiger partial charge is 0.463 e. The highest BCUT2D eigenvalue weighted by Gasteiger charge is 2.06. The van der Waals surface area contributed by atoms with Crippen molar-refractivity contribution in [1.82, 2.24) is 0 Å². The van der Waals surface area contributed by atoms with E-state index in [1.165, 1.54) is 0 Å². The molecule has 5 heteroatoms. The first-order valence-electron chi connectivity index (χ1n) is 4.61. The quantitative estimate of drug-likeness (QED) is 0.376. The summed E-state index contributed by atoms with van der Waals surface area (Å²) in [6, 6.07) is 0. The van der Waals surface area contributed by atoms with Gasteiger partial charge in [0.2, 0.25) is 0 Å². The Balaban J connectivity index is 3.28. The van der Waals surface area contributed by atoms with Gasteiger partial charge in [-0.15, -0.1) is 0 Å². The number of ether oxygens (including phenoxy) is 3. The minimum absolute atomic E-state index is 0.0203. The molecule has 0 heterocycles. The lowest BCUT2D eigenvalue weighted by molar-refractivity contribution is -0.149. The smallest absolute Gasteiger partial charge is 0.332 e. The van der Waals surface area contributed by atoms with E-state index in [1.54, 1.807) is 7.11 Å². The molecular formula is C9H18O4S. The van der Waals surface area contributed by atoms with Crippen molar-refractivity contribution < 1.29 is 19.0 Å². The van der Waals surface area contributed by atoms with Crippen LogP contribution >= 0.6 is 12.6 Å².